The molecule has 38 heavy (non-hydrogen) atoms. The highest BCUT2D eigenvalue weighted by atomic mass is 32.1. The van der Waals surface area contributed by atoms with Crippen LogP contribution in [0.3, 0.4) is 0 Å². The van der Waals surface area contributed by atoms with Crippen LogP contribution in [0.2, 0.25) is 0 Å². The maximum atomic E-state index is 13.8. The number of anilines is 1. The quantitative estimate of drug-likeness (QED) is 0.413. The second kappa shape index (κ2) is 10.5. The van der Waals surface area contributed by atoms with Crippen molar-refractivity contribution in [2.24, 2.45) is 0 Å². The zero-order valence-electron chi connectivity index (χ0n) is 21.5. The van der Waals surface area contributed by atoms with Crippen molar-refractivity contribution in [2.75, 3.05) is 24.7 Å². The van der Waals surface area contributed by atoms with E-state index in [1.54, 1.807) is 11.8 Å². The van der Waals surface area contributed by atoms with Crippen LogP contribution in [0, 0.1) is 6.92 Å². The highest BCUT2D eigenvalue weighted by Crippen LogP contribution is 2.47. The number of aliphatic hydroxyl groups is 1. The van der Waals surface area contributed by atoms with E-state index in [2.05, 4.69) is 4.98 Å². The molecular formula is C27H31N3O7S. The molecule has 2 aliphatic rings. The zero-order valence-corrected chi connectivity index (χ0v) is 22.3. The molecule has 3 atom stereocenters. The molecule has 0 radical (unpaired) electrons. The van der Waals surface area contributed by atoms with Gasteiger partial charge in [0.2, 0.25) is 12.2 Å². The number of thiophene rings is 1. The first kappa shape index (κ1) is 26.4. The van der Waals surface area contributed by atoms with Gasteiger partial charge in [-0.2, -0.15) is 0 Å². The fourth-order valence-corrected chi connectivity index (χ4v) is 6.15. The lowest BCUT2D eigenvalue weighted by Gasteiger charge is -2.47. The van der Waals surface area contributed by atoms with Gasteiger partial charge in [0.15, 0.2) is 0 Å². The van der Waals surface area contributed by atoms with Crippen LogP contribution in [0.15, 0.2) is 47.2 Å². The lowest BCUT2D eigenvalue weighted by molar-refractivity contribution is -0.154. The van der Waals surface area contributed by atoms with Crippen molar-refractivity contribution in [3.63, 3.8) is 0 Å². The number of amides is 1. The third kappa shape index (κ3) is 4.71. The molecule has 1 amide bonds. The molecule has 2 N–H and O–H groups in total. The monoisotopic (exact) mass is 541 g/mol. The van der Waals surface area contributed by atoms with Crippen LogP contribution in [0.1, 0.15) is 54.3 Å². The smallest absolute Gasteiger partial charge is 0.329 e. The van der Waals surface area contributed by atoms with E-state index in [1.165, 1.54) is 37.6 Å². The Labute approximate surface area is 224 Å². The number of aliphatic hydroxyl groups excluding tert-OH is 1. The third-order valence-electron chi connectivity index (χ3n) is 7.12. The minimum absolute atomic E-state index is 0.00677. The van der Waals surface area contributed by atoms with E-state index in [-0.39, 0.29) is 12.6 Å². The second-order valence-electron chi connectivity index (χ2n) is 9.98. The van der Waals surface area contributed by atoms with Crippen molar-refractivity contribution in [1.82, 2.24) is 9.88 Å². The average Bonchev–Trinajstić information content (AvgIpc) is 3.66. The number of rotatable bonds is 9. The SMILES string of the molecule is Cc1c(-c2ncco2)sc2c1C(=O)N(C(C)(C)C(=O)O)C(O)N2C[C@H](OCC1CCCO1)c1ccccc1. The molecule has 202 valence electrons. The molecule has 4 heterocycles. The summed E-state index contributed by atoms with van der Waals surface area (Å²) in [4.78, 5) is 33.5. The van der Waals surface area contributed by atoms with Crippen LogP contribution in [0.5, 0.6) is 0 Å². The number of carboxylic acid groups (broad SMARTS) is 1. The lowest BCUT2D eigenvalue weighted by atomic mass is 9.98. The van der Waals surface area contributed by atoms with Crippen molar-refractivity contribution < 1.29 is 33.7 Å². The van der Waals surface area contributed by atoms with Gasteiger partial charge in [0.05, 0.1) is 35.9 Å². The number of hydrogen-bond acceptors (Lipinski definition) is 9. The molecule has 0 saturated carbocycles. The standard InChI is InChI=1S/C27H31N3O7S/c1-16-20-23(31)30(27(2,3)25(32)33)26(34)29(24(20)38-21(16)22-28-11-13-36-22)14-19(17-8-5-4-6-9-17)37-15-18-10-7-12-35-18/h4-6,8-9,11,13,18-19,26,34H,7,10,12,14-15H2,1-3H3,(H,32,33)/t18?,19-,26?/m0/s1. The minimum atomic E-state index is -1.69. The van der Waals surface area contributed by atoms with Gasteiger partial charge in [-0.15, -0.1) is 11.3 Å². The Morgan fingerprint density at radius 1 is 1.32 bits per heavy atom. The summed E-state index contributed by atoms with van der Waals surface area (Å²) in [6.07, 6.45) is 2.83. The van der Waals surface area contributed by atoms with Crippen LogP contribution in [-0.4, -0.2) is 69.7 Å². The lowest BCUT2D eigenvalue weighted by Crippen LogP contribution is -2.65. The fourth-order valence-electron chi connectivity index (χ4n) is 4.88. The summed E-state index contributed by atoms with van der Waals surface area (Å²) >= 11 is 1.27. The topological polar surface area (TPSA) is 126 Å². The summed E-state index contributed by atoms with van der Waals surface area (Å²) in [6, 6.07) is 9.62. The Bertz CT molecular complexity index is 1290. The number of carbonyl (C=O) groups is 2. The van der Waals surface area contributed by atoms with Crippen LogP contribution in [0.25, 0.3) is 10.8 Å². The first-order chi connectivity index (χ1) is 18.2. The molecule has 1 fully saturated rings. The Hall–Kier alpha value is -3.25. The normalized spacial score (nSPS) is 20.6. The van der Waals surface area contributed by atoms with E-state index >= 15 is 0 Å². The summed E-state index contributed by atoms with van der Waals surface area (Å²) in [5.74, 6) is -1.45. The summed E-state index contributed by atoms with van der Waals surface area (Å²) in [5, 5.41) is 22.1. The van der Waals surface area contributed by atoms with Gasteiger partial charge < -0.3 is 29.0 Å². The molecule has 2 aliphatic heterocycles. The number of carboxylic acids is 1. The number of benzene rings is 1. The number of carbonyl (C=O) groups excluding carboxylic acids is 1. The molecule has 0 aliphatic carbocycles. The van der Waals surface area contributed by atoms with Crippen LogP contribution >= 0.6 is 11.3 Å². The van der Waals surface area contributed by atoms with Crippen molar-refractivity contribution in [3.8, 4) is 10.8 Å². The molecule has 10 nitrogen and oxygen atoms in total. The van der Waals surface area contributed by atoms with Crippen molar-refractivity contribution in [3.05, 3.63) is 59.5 Å². The second-order valence-corrected chi connectivity index (χ2v) is 11.0. The molecule has 1 saturated heterocycles. The van der Waals surface area contributed by atoms with Crippen molar-refractivity contribution >= 4 is 28.2 Å². The van der Waals surface area contributed by atoms with Gasteiger partial charge >= 0.3 is 5.97 Å². The van der Waals surface area contributed by atoms with Gasteiger partial charge in [-0.3, -0.25) is 9.69 Å². The van der Waals surface area contributed by atoms with Gasteiger partial charge in [-0.1, -0.05) is 30.3 Å². The van der Waals surface area contributed by atoms with Gasteiger partial charge in [0.25, 0.3) is 5.91 Å². The molecule has 2 aromatic heterocycles. The Morgan fingerprint density at radius 3 is 2.71 bits per heavy atom. The van der Waals surface area contributed by atoms with Gasteiger partial charge in [0, 0.05) is 6.61 Å². The maximum Gasteiger partial charge on any atom is 0.329 e. The average molecular weight is 542 g/mol. The summed E-state index contributed by atoms with van der Waals surface area (Å²) < 4.78 is 17.6. The Kier molecular flexibility index (Phi) is 7.28. The number of nitrogens with zero attached hydrogens (tertiary/aromatic N) is 3. The summed E-state index contributed by atoms with van der Waals surface area (Å²) in [7, 11) is 0. The third-order valence-corrected chi connectivity index (χ3v) is 8.44. The minimum Gasteiger partial charge on any atom is -0.480 e. The number of fused-ring (bicyclic) bond motifs is 1. The predicted molar refractivity (Wildman–Crippen MR) is 140 cm³/mol. The van der Waals surface area contributed by atoms with Crippen molar-refractivity contribution in [1.29, 1.82) is 0 Å². The van der Waals surface area contributed by atoms with E-state index in [9.17, 15) is 19.8 Å². The van der Waals surface area contributed by atoms with Crippen LogP contribution in [0.4, 0.5) is 5.00 Å². The number of aromatic nitrogens is 1. The van der Waals surface area contributed by atoms with Gasteiger partial charge in [-0.25, -0.2) is 9.78 Å². The molecule has 5 rings (SSSR count). The number of ether oxygens (including phenoxy) is 2. The van der Waals surface area contributed by atoms with Crippen LogP contribution < -0.4 is 4.90 Å². The van der Waals surface area contributed by atoms with Crippen LogP contribution in [-0.2, 0) is 14.3 Å². The van der Waals surface area contributed by atoms with Crippen molar-refractivity contribution in [2.45, 2.75) is 57.7 Å². The number of oxazole rings is 1. The maximum absolute atomic E-state index is 13.8. The van der Waals surface area contributed by atoms with Gasteiger partial charge in [0.1, 0.15) is 22.9 Å². The molecule has 1 aromatic carbocycles. The first-order valence-electron chi connectivity index (χ1n) is 12.5. The van der Waals surface area contributed by atoms with E-state index in [1.807, 2.05) is 30.3 Å². The molecule has 0 bridgehead atoms. The number of aliphatic carboxylic acids is 1. The molecule has 11 heteroatoms. The van der Waals surface area contributed by atoms with E-state index in [0.29, 0.717) is 40.1 Å². The molecule has 2 unspecified atom stereocenters. The summed E-state index contributed by atoms with van der Waals surface area (Å²) in [6.45, 7) is 5.83. The van der Waals surface area contributed by atoms with E-state index in [4.69, 9.17) is 13.9 Å². The Morgan fingerprint density at radius 2 is 2.08 bits per heavy atom. The van der Waals surface area contributed by atoms with Gasteiger partial charge in [-0.05, 0) is 44.7 Å². The molecule has 3 aromatic rings. The fraction of sp³-hybridized carbons (Fsp3) is 0.444. The molecule has 0 spiro atoms. The highest BCUT2D eigenvalue weighted by molar-refractivity contribution is 7.20. The first-order valence-corrected chi connectivity index (χ1v) is 13.3. The Balaban J connectivity index is 1.57. The van der Waals surface area contributed by atoms with E-state index < -0.39 is 29.9 Å². The number of hydrogen-bond donors (Lipinski definition) is 2. The highest BCUT2D eigenvalue weighted by Gasteiger charge is 2.50. The molecular weight excluding hydrogens is 510 g/mol. The predicted octanol–water partition coefficient (Wildman–Crippen LogP) is 4.05. The largest absolute Gasteiger partial charge is 0.480 e. The zero-order chi connectivity index (χ0) is 27.0. The summed E-state index contributed by atoms with van der Waals surface area (Å²) in [5.41, 5.74) is 0.122. The van der Waals surface area contributed by atoms with E-state index in [0.717, 1.165) is 23.3 Å².